The van der Waals surface area contributed by atoms with E-state index in [0.29, 0.717) is 45.4 Å². The molecule has 0 unspecified atom stereocenters. The highest BCUT2D eigenvalue weighted by Crippen LogP contribution is 2.31. The first-order valence-electron chi connectivity index (χ1n) is 8.86. The Morgan fingerprint density at radius 2 is 1.93 bits per heavy atom. The van der Waals surface area contributed by atoms with Crippen LogP contribution in [0.5, 0.6) is 0 Å². The first-order valence-corrected chi connectivity index (χ1v) is 11.3. The summed E-state index contributed by atoms with van der Waals surface area (Å²) >= 11 is 14.5. The number of hydrogen-bond donors (Lipinski definition) is 0. The molecule has 0 aliphatic carbocycles. The van der Waals surface area contributed by atoms with Gasteiger partial charge in [-0.1, -0.05) is 34.5 Å². The van der Waals surface area contributed by atoms with Crippen molar-refractivity contribution in [3.05, 3.63) is 48.9 Å². The molecule has 10 heteroatoms. The molecule has 0 aliphatic heterocycles. The molecule has 1 aromatic carbocycles. The van der Waals surface area contributed by atoms with Crippen LogP contribution in [0, 0.1) is 0 Å². The summed E-state index contributed by atoms with van der Waals surface area (Å²) in [5.41, 5.74) is 1.56. The lowest BCUT2D eigenvalue weighted by molar-refractivity contribution is 0.0526. The molecule has 2 heterocycles. The minimum atomic E-state index is -0.472. The van der Waals surface area contributed by atoms with Gasteiger partial charge in [-0.15, -0.1) is 11.3 Å². The number of hydrogen-bond acceptors (Lipinski definition) is 6. The lowest BCUT2D eigenvalue weighted by Crippen LogP contribution is -2.19. The normalized spacial score (nSPS) is 11.9. The number of carbonyl (C=O) groups is 2. The Kier molecular flexibility index (Phi) is 7.48. The number of rotatable bonds is 7. The van der Waals surface area contributed by atoms with E-state index in [1.807, 2.05) is 17.6 Å². The summed E-state index contributed by atoms with van der Waals surface area (Å²) < 4.78 is 14.0. The molecular formula is C19H18Cl2N2O4S2. The van der Waals surface area contributed by atoms with Crippen molar-refractivity contribution in [1.82, 2.24) is 4.57 Å². The van der Waals surface area contributed by atoms with E-state index in [4.69, 9.17) is 32.7 Å². The number of benzene rings is 1. The third kappa shape index (κ3) is 5.07. The smallest absolute Gasteiger partial charge is 0.338 e. The molecule has 0 N–H and O–H groups in total. The van der Waals surface area contributed by atoms with E-state index in [-0.39, 0.29) is 5.56 Å². The van der Waals surface area contributed by atoms with Gasteiger partial charge in [-0.2, -0.15) is 4.99 Å². The number of carbonyl (C=O) groups excluding carboxylic acids is 2. The number of esters is 1. The average Bonchev–Trinajstić information content (AvgIpc) is 3.20. The summed E-state index contributed by atoms with van der Waals surface area (Å²) in [4.78, 5) is 29.5. The van der Waals surface area contributed by atoms with Crippen molar-refractivity contribution in [1.29, 1.82) is 0 Å². The highest BCUT2D eigenvalue weighted by atomic mass is 35.5. The molecule has 0 radical (unpaired) electrons. The van der Waals surface area contributed by atoms with E-state index < -0.39 is 11.9 Å². The monoisotopic (exact) mass is 472 g/mol. The van der Waals surface area contributed by atoms with Gasteiger partial charge in [0.2, 0.25) is 0 Å². The number of ether oxygens (including phenoxy) is 2. The van der Waals surface area contributed by atoms with Gasteiger partial charge in [0.1, 0.15) is 4.34 Å². The molecule has 154 valence electrons. The van der Waals surface area contributed by atoms with Crippen LogP contribution in [0.2, 0.25) is 8.67 Å². The molecule has 0 bridgehead atoms. The Balaban J connectivity index is 2.07. The predicted octanol–water partition coefficient (Wildman–Crippen LogP) is 5.03. The average molecular weight is 473 g/mol. The van der Waals surface area contributed by atoms with Gasteiger partial charge in [0.15, 0.2) is 4.80 Å². The molecule has 0 saturated heterocycles. The van der Waals surface area contributed by atoms with E-state index in [0.717, 1.165) is 21.6 Å². The Bertz CT molecular complexity index is 1120. The van der Waals surface area contributed by atoms with Gasteiger partial charge in [-0.05, 0) is 38.1 Å². The fourth-order valence-electron chi connectivity index (χ4n) is 2.65. The molecule has 1 amide bonds. The zero-order valence-electron chi connectivity index (χ0n) is 15.7. The van der Waals surface area contributed by atoms with Gasteiger partial charge in [0.25, 0.3) is 5.91 Å². The molecule has 29 heavy (non-hydrogen) atoms. The summed E-state index contributed by atoms with van der Waals surface area (Å²) in [5, 5.41) is 0. The number of aromatic nitrogens is 1. The standard InChI is InChI=1S/C19H18Cl2N2O4S2/c1-3-26-8-7-23-13-6-5-11(18(25)27-4-2)9-14(13)28-19(23)22-17(24)12-10-15(20)29-16(12)21/h5-6,9-10H,3-4,7-8H2,1-2H3. The molecular weight excluding hydrogens is 455 g/mol. The van der Waals surface area contributed by atoms with Crippen LogP contribution in [0.15, 0.2) is 29.3 Å². The van der Waals surface area contributed by atoms with Crippen LogP contribution in [0.3, 0.4) is 0 Å². The molecule has 0 aliphatic rings. The number of thiazole rings is 1. The third-order valence-electron chi connectivity index (χ3n) is 3.94. The minimum Gasteiger partial charge on any atom is -0.462 e. The van der Waals surface area contributed by atoms with Crippen molar-refractivity contribution >= 4 is 68.0 Å². The number of halogens is 2. The highest BCUT2D eigenvalue weighted by Gasteiger charge is 2.16. The number of amides is 1. The zero-order chi connectivity index (χ0) is 21.0. The van der Waals surface area contributed by atoms with E-state index in [2.05, 4.69) is 4.99 Å². The maximum atomic E-state index is 12.7. The van der Waals surface area contributed by atoms with Gasteiger partial charge in [0.05, 0.1) is 38.9 Å². The second-order valence-corrected chi connectivity index (χ2v) is 9.09. The van der Waals surface area contributed by atoms with Crippen LogP contribution in [0.1, 0.15) is 34.6 Å². The molecule has 0 atom stereocenters. The van der Waals surface area contributed by atoms with Gasteiger partial charge in [0, 0.05) is 13.2 Å². The molecule has 2 aromatic heterocycles. The van der Waals surface area contributed by atoms with E-state index >= 15 is 0 Å². The molecule has 0 fully saturated rings. The van der Waals surface area contributed by atoms with Gasteiger partial charge >= 0.3 is 5.97 Å². The SMILES string of the molecule is CCOCCn1c(=NC(=O)c2cc(Cl)sc2Cl)sc2cc(C(=O)OCC)ccc21. The number of fused-ring (bicyclic) bond motifs is 1. The van der Waals surface area contributed by atoms with Crippen LogP contribution in [-0.4, -0.2) is 36.3 Å². The van der Waals surface area contributed by atoms with Gasteiger partial charge in [-0.3, -0.25) is 4.79 Å². The third-order valence-corrected chi connectivity index (χ3v) is 6.47. The molecule has 3 rings (SSSR count). The summed E-state index contributed by atoms with van der Waals surface area (Å²) in [5.74, 6) is -0.863. The Hall–Kier alpha value is -1.71. The maximum absolute atomic E-state index is 12.7. The van der Waals surface area contributed by atoms with Crippen molar-refractivity contribution < 1.29 is 19.1 Å². The van der Waals surface area contributed by atoms with Crippen molar-refractivity contribution in [2.24, 2.45) is 4.99 Å². The first kappa shape index (κ1) is 22.0. The Morgan fingerprint density at radius 3 is 2.59 bits per heavy atom. The predicted molar refractivity (Wildman–Crippen MR) is 116 cm³/mol. The number of nitrogens with zero attached hydrogens (tertiary/aromatic N) is 2. The largest absolute Gasteiger partial charge is 0.462 e. The van der Waals surface area contributed by atoms with Crippen LogP contribution >= 0.6 is 45.9 Å². The Labute approximate surface area is 185 Å². The second kappa shape index (κ2) is 9.86. The Morgan fingerprint density at radius 1 is 1.14 bits per heavy atom. The van der Waals surface area contributed by atoms with E-state index in [9.17, 15) is 9.59 Å². The number of thiophene rings is 1. The van der Waals surface area contributed by atoms with Crippen molar-refractivity contribution in [3.63, 3.8) is 0 Å². The summed E-state index contributed by atoms with van der Waals surface area (Å²) in [7, 11) is 0. The van der Waals surface area contributed by atoms with Gasteiger partial charge in [-0.25, -0.2) is 4.79 Å². The summed E-state index contributed by atoms with van der Waals surface area (Å²) in [6.45, 7) is 5.54. The quantitative estimate of drug-likeness (QED) is 0.357. The van der Waals surface area contributed by atoms with Crippen LogP contribution in [0.25, 0.3) is 10.2 Å². The fourth-order valence-corrected chi connectivity index (χ4v) is 5.19. The minimum absolute atomic E-state index is 0.266. The van der Waals surface area contributed by atoms with Crippen LogP contribution in [-0.2, 0) is 16.0 Å². The van der Waals surface area contributed by atoms with E-state index in [1.165, 1.54) is 17.4 Å². The fraction of sp³-hybridized carbons (Fsp3) is 0.316. The lowest BCUT2D eigenvalue weighted by Gasteiger charge is -2.06. The maximum Gasteiger partial charge on any atom is 0.338 e. The van der Waals surface area contributed by atoms with Crippen LogP contribution in [0.4, 0.5) is 0 Å². The highest BCUT2D eigenvalue weighted by molar-refractivity contribution is 7.20. The van der Waals surface area contributed by atoms with E-state index in [1.54, 1.807) is 19.1 Å². The van der Waals surface area contributed by atoms with Gasteiger partial charge < -0.3 is 14.0 Å². The molecule has 0 saturated carbocycles. The first-order chi connectivity index (χ1) is 13.9. The summed E-state index contributed by atoms with van der Waals surface area (Å²) in [6, 6.07) is 6.78. The molecule has 6 nitrogen and oxygen atoms in total. The van der Waals surface area contributed by atoms with Crippen molar-refractivity contribution in [2.75, 3.05) is 19.8 Å². The second-order valence-electron chi connectivity index (χ2n) is 5.79. The zero-order valence-corrected chi connectivity index (χ0v) is 18.9. The van der Waals surface area contributed by atoms with Crippen LogP contribution < -0.4 is 4.80 Å². The summed E-state index contributed by atoms with van der Waals surface area (Å²) in [6.07, 6.45) is 0. The molecule has 0 spiro atoms. The van der Waals surface area contributed by atoms with Crippen molar-refractivity contribution in [3.8, 4) is 0 Å². The lowest BCUT2D eigenvalue weighted by atomic mass is 10.2. The topological polar surface area (TPSA) is 69.9 Å². The van der Waals surface area contributed by atoms with Crippen molar-refractivity contribution in [2.45, 2.75) is 20.4 Å². The molecule has 3 aromatic rings.